The van der Waals surface area contributed by atoms with Crippen LogP contribution < -0.4 is 10.2 Å². The van der Waals surface area contributed by atoms with Gasteiger partial charge in [0.15, 0.2) is 0 Å². The first-order valence-corrected chi connectivity index (χ1v) is 15.1. The maximum atomic E-state index is 14.4. The molecule has 6 nitrogen and oxygen atoms in total. The second-order valence-corrected chi connectivity index (χ2v) is 11.7. The molecule has 4 aromatic carbocycles. The molecule has 1 atom stereocenters. The van der Waals surface area contributed by atoms with Crippen LogP contribution in [0.3, 0.4) is 0 Å². The minimum absolute atomic E-state index is 0.0971. The van der Waals surface area contributed by atoms with Crippen LogP contribution in [0.4, 0.5) is 5.69 Å². The Morgan fingerprint density at radius 3 is 2.36 bits per heavy atom. The molecule has 0 unspecified atom stereocenters. The van der Waals surface area contributed by atoms with Gasteiger partial charge in [0.25, 0.3) is 5.91 Å². The standard InChI is InChI=1S/C35H34ClN3O3/c36-27-15-7-12-25(20-27)22-38(31(21-24-10-3-1-4-11-24)34(41)37-28-16-5-2-6-17-28)32(40)23-39-30-19-9-14-26-13-8-18-29(33(26)30)35(39)42/h1,3-4,7-15,18-20,28,31H,2,5-6,16-17,21-23H2,(H,37,41)/t31-/m1/s1. The van der Waals surface area contributed by atoms with Gasteiger partial charge in [0, 0.05) is 35.0 Å². The number of halogens is 1. The minimum atomic E-state index is -0.767. The van der Waals surface area contributed by atoms with Crippen LogP contribution in [0.15, 0.2) is 91.0 Å². The Morgan fingerprint density at radius 2 is 1.60 bits per heavy atom. The largest absolute Gasteiger partial charge is 0.352 e. The van der Waals surface area contributed by atoms with E-state index in [1.54, 1.807) is 21.9 Å². The van der Waals surface area contributed by atoms with E-state index in [1.807, 2.05) is 78.9 Å². The van der Waals surface area contributed by atoms with Crippen molar-refractivity contribution in [3.05, 3.63) is 113 Å². The molecule has 3 amide bonds. The topological polar surface area (TPSA) is 69.7 Å². The maximum absolute atomic E-state index is 14.4. The summed E-state index contributed by atoms with van der Waals surface area (Å²) in [5.74, 6) is -0.670. The molecule has 1 heterocycles. The molecule has 0 aromatic heterocycles. The van der Waals surface area contributed by atoms with Gasteiger partial charge in [0.1, 0.15) is 12.6 Å². The Morgan fingerprint density at radius 1 is 0.881 bits per heavy atom. The summed E-state index contributed by atoms with van der Waals surface area (Å²) in [6.45, 7) is 0.0172. The number of anilines is 1. The third-order valence-electron chi connectivity index (χ3n) is 8.41. The minimum Gasteiger partial charge on any atom is -0.352 e. The molecule has 4 aromatic rings. The number of rotatable bonds is 9. The van der Waals surface area contributed by atoms with Crippen LogP contribution in [-0.4, -0.2) is 41.2 Å². The van der Waals surface area contributed by atoms with E-state index in [0.717, 1.165) is 53.3 Å². The molecular weight excluding hydrogens is 546 g/mol. The van der Waals surface area contributed by atoms with E-state index < -0.39 is 6.04 Å². The highest BCUT2D eigenvalue weighted by atomic mass is 35.5. The van der Waals surface area contributed by atoms with Crippen molar-refractivity contribution in [2.75, 3.05) is 11.4 Å². The molecule has 7 heteroatoms. The summed E-state index contributed by atoms with van der Waals surface area (Å²) in [5, 5.41) is 5.64. The summed E-state index contributed by atoms with van der Waals surface area (Å²) >= 11 is 6.33. The van der Waals surface area contributed by atoms with Crippen molar-refractivity contribution in [3.63, 3.8) is 0 Å². The zero-order valence-electron chi connectivity index (χ0n) is 23.5. The first-order chi connectivity index (χ1) is 20.5. The molecule has 1 fully saturated rings. The molecule has 1 saturated carbocycles. The van der Waals surface area contributed by atoms with Gasteiger partial charge < -0.3 is 10.2 Å². The molecule has 0 radical (unpaired) electrons. The van der Waals surface area contributed by atoms with Gasteiger partial charge >= 0.3 is 0 Å². The monoisotopic (exact) mass is 579 g/mol. The molecule has 0 bridgehead atoms. The highest BCUT2D eigenvalue weighted by molar-refractivity contribution is 6.30. The SMILES string of the molecule is O=C(NC1CCCCC1)[C@@H](Cc1ccccc1)N(Cc1cccc(Cl)c1)C(=O)CN1C(=O)c2cccc3cccc1c23. The van der Waals surface area contributed by atoms with Crippen molar-refractivity contribution in [3.8, 4) is 0 Å². The lowest BCUT2D eigenvalue weighted by molar-refractivity contribution is -0.140. The number of benzene rings is 4. The molecule has 2 aliphatic rings. The number of hydrogen-bond acceptors (Lipinski definition) is 3. The second-order valence-electron chi connectivity index (χ2n) is 11.3. The average Bonchev–Trinajstić information content (AvgIpc) is 3.28. The van der Waals surface area contributed by atoms with Crippen molar-refractivity contribution < 1.29 is 14.4 Å². The van der Waals surface area contributed by atoms with Crippen LogP contribution in [0, 0.1) is 0 Å². The number of carbonyl (C=O) groups is 3. The molecular formula is C35H34ClN3O3. The van der Waals surface area contributed by atoms with Crippen LogP contribution in [-0.2, 0) is 22.6 Å². The van der Waals surface area contributed by atoms with Gasteiger partial charge in [0.2, 0.25) is 11.8 Å². The summed E-state index contributed by atoms with van der Waals surface area (Å²) in [4.78, 5) is 45.1. The smallest absolute Gasteiger partial charge is 0.259 e. The first kappa shape index (κ1) is 28.0. The Hall–Kier alpha value is -4.16. The number of amides is 3. The highest BCUT2D eigenvalue weighted by Crippen LogP contribution is 2.37. The lowest BCUT2D eigenvalue weighted by Gasteiger charge is -2.34. The maximum Gasteiger partial charge on any atom is 0.259 e. The highest BCUT2D eigenvalue weighted by Gasteiger charge is 2.36. The quantitative estimate of drug-likeness (QED) is 0.245. The zero-order valence-corrected chi connectivity index (χ0v) is 24.2. The van der Waals surface area contributed by atoms with Crippen molar-refractivity contribution in [2.45, 2.75) is 57.2 Å². The second kappa shape index (κ2) is 12.4. The normalized spacial score (nSPS) is 15.5. The predicted octanol–water partition coefficient (Wildman–Crippen LogP) is 6.54. The van der Waals surface area contributed by atoms with E-state index in [2.05, 4.69) is 5.32 Å². The van der Waals surface area contributed by atoms with E-state index in [0.29, 0.717) is 17.0 Å². The Bertz CT molecular complexity index is 1610. The van der Waals surface area contributed by atoms with Crippen molar-refractivity contribution in [1.82, 2.24) is 10.2 Å². The Labute approximate surface area is 251 Å². The lowest BCUT2D eigenvalue weighted by atomic mass is 9.94. The van der Waals surface area contributed by atoms with Crippen LogP contribution in [0.5, 0.6) is 0 Å². The molecule has 1 N–H and O–H groups in total. The number of hydrogen-bond donors (Lipinski definition) is 1. The Kier molecular flexibility index (Phi) is 8.24. The number of nitrogens with zero attached hydrogens (tertiary/aromatic N) is 2. The van der Waals surface area contributed by atoms with Crippen molar-refractivity contribution >= 4 is 45.8 Å². The average molecular weight is 580 g/mol. The molecule has 6 rings (SSSR count). The van der Waals surface area contributed by atoms with E-state index in [9.17, 15) is 14.4 Å². The fourth-order valence-electron chi connectivity index (χ4n) is 6.29. The summed E-state index contributed by atoms with van der Waals surface area (Å²) in [6, 6.07) is 27.8. The van der Waals surface area contributed by atoms with Crippen molar-refractivity contribution in [1.29, 1.82) is 0 Å². The van der Waals surface area contributed by atoms with Gasteiger partial charge in [-0.05, 0) is 53.6 Å². The molecule has 42 heavy (non-hydrogen) atoms. The summed E-state index contributed by atoms with van der Waals surface area (Å²) in [7, 11) is 0. The van der Waals surface area contributed by atoms with Gasteiger partial charge in [0.05, 0.1) is 5.69 Å². The van der Waals surface area contributed by atoms with E-state index >= 15 is 0 Å². The van der Waals surface area contributed by atoms with Gasteiger partial charge in [-0.3, -0.25) is 19.3 Å². The molecule has 1 aliphatic heterocycles. The first-order valence-electron chi connectivity index (χ1n) is 14.7. The number of carbonyl (C=O) groups excluding carboxylic acids is 3. The van der Waals surface area contributed by atoms with E-state index in [4.69, 9.17) is 11.6 Å². The van der Waals surface area contributed by atoms with E-state index in [1.165, 1.54) is 6.42 Å². The third-order valence-corrected chi connectivity index (χ3v) is 8.64. The lowest BCUT2D eigenvalue weighted by Crippen LogP contribution is -2.54. The fourth-order valence-corrected chi connectivity index (χ4v) is 6.51. The van der Waals surface area contributed by atoms with Crippen LogP contribution in [0.25, 0.3) is 10.8 Å². The molecule has 1 aliphatic carbocycles. The van der Waals surface area contributed by atoms with Gasteiger partial charge in [-0.2, -0.15) is 0 Å². The predicted molar refractivity (Wildman–Crippen MR) is 167 cm³/mol. The Balaban J connectivity index is 1.35. The van der Waals surface area contributed by atoms with Crippen LogP contribution in [0.1, 0.15) is 53.6 Å². The summed E-state index contributed by atoms with van der Waals surface area (Å²) < 4.78 is 0. The molecule has 0 spiro atoms. The van der Waals surface area contributed by atoms with Gasteiger partial charge in [-0.25, -0.2) is 0 Å². The van der Waals surface area contributed by atoms with Crippen molar-refractivity contribution in [2.24, 2.45) is 0 Å². The van der Waals surface area contributed by atoms with Gasteiger partial charge in [-0.1, -0.05) is 97.6 Å². The summed E-state index contributed by atoms with van der Waals surface area (Å²) in [5.41, 5.74) is 3.08. The van der Waals surface area contributed by atoms with Crippen LogP contribution in [0.2, 0.25) is 5.02 Å². The fraction of sp³-hybridized carbons (Fsp3) is 0.286. The van der Waals surface area contributed by atoms with Gasteiger partial charge in [-0.15, -0.1) is 0 Å². The number of nitrogens with one attached hydrogen (secondary N) is 1. The molecule has 0 saturated heterocycles. The zero-order chi connectivity index (χ0) is 29.1. The third kappa shape index (κ3) is 5.90. The summed E-state index contributed by atoms with van der Waals surface area (Å²) in [6.07, 6.45) is 5.59. The van der Waals surface area contributed by atoms with Crippen LogP contribution >= 0.6 is 11.6 Å². The molecule has 214 valence electrons. The van der Waals surface area contributed by atoms with E-state index in [-0.39, 0.29) is 36.9 Å².